The molecule has 0 atom stereocenters. The predicted octanol–water partition coefficient (Wildman–Crippen LogP) is 5.14. The van der Waals surface area contributed by atoms with Gasteiger partial charge in [0.05, 0.1) is 0 Å². The summed E-state index contributed by atoms with van der Waals surface area (Å²) in [6.07, 6.45) is 0. The van der Waals surface area contributed by atoms with Crippen molar-refractivity contribution in [2.24, 2.45) is 0 Å². The van der Waals surface area contributed by atoms with Crippen LogP contribution in [0.2, 0.25) is 0 Å². The fraction of sp³-hybridized carbons (Fsp3) is 0.600. The molecule has 0 aliphatic rings. The van der Waals surface area contributed by atoms with Crippen molar-refractivity contribution >= 4 is 24.8 Å². The molecular formula is C15H26Cl2OTi. The first-order valence-electron chi connectivity index (χ1n) is 5.88. The van der Waals surface area contributed by atoms with E-state index < -0.39 is 0 Å². The van der Waals surface area contributed by atoms with E-state index >= 15 is 0 Å². The first-order chi connectivity index (χ1) is 7.03. The molecule has 0 aliphatic heterocycles. The molecule has 0 aromatic heterocycles. The average Bonchev–Trinajstić information content (AvgIpc) is 1.97. The summed E-state index contributed by atoms with van der Waals surface area (Å²) in [6.45, 7) is 15.1. The Labute approximate surface area is 145 Å². The van der Waals surface area contributed by atoms with Crippen LogP contribution in [0.1, 0.15) is 58.2 Å². The Morgan fingerprint density at radius 3 is 1.47 bits per heavy atom. The Hall–Kier alpha value is 0.314. The molecule has 0 amide bonds. The third-order valence-electron chi connectivity index (χ3n) is 2.96. The standard InChI is InChI=1S/C15H24O.2ClH.Ti/c1-10-8-13(16)12(15(5,6)7)9-11(10)14(2,3)4;;;/h8-9,16H,1-7H3;2*1H;. The first-order valence-corrected chi connectivity index (χ1v) is 5.88. The Kier molecular flexibility index (Phi) is 10.2. The van der Waals surface area contributed by atoms with E-state index in [1.54, 1.807) is 0 Å². The maximum absolute atomic E-state index is 10.0. The quantitative estimate of drug-likeness (QED) is 0.648. The van der Waals surface area contributed by atoms with Gasteiger partial charge in [0.2, 0.25) is 0 Å². The molecule has 0 saturated carbocycles. The molecule has 0 heterocycles. The molecule has 1 aromatic rings. The summed E-state index contributed by atoms with van der Waals surface area (Å²) in [5.74, 6) is 0.415. The second-order valence-corrected chi connectivity index (χ2v) is 6.68. The molecule has 0 fully saturated rings. The Morgan fingerprint density at radius 2 is 1.16 bits per heavy atom. The van der Waals surface area contributed by atoms with Crippen LogP contribution in [0.15, 0.2) is 12.1 Å². The minimum Gasteiger partial charge on any atom is -0.508 e. The van der Waals surface area contributed by atoms with Gasteiger partial charge in [0, 0.05) is 21.7 Å². The van der Waals surface area contributed by atoms with Crippen LogP contribution in [0.25, 0.3) is 0 Å². The van der Waals surface area contributed by atoms with Crippen LogP contribution < -0.4 is 0 Å². The van der Waals surface area contributed by atoms with Crippen LogP contribution >= 0.6 is 24.8 Å². The van der Waals surface area contributed by atoms with Gasteiger partial charge in [0.15, 0.2) is 0 Å². The van der Waals surface area contributed by atoms with Crippen LogP contribution in [-0.2, 0) is 32.5 Å². The summed E-state index contributed by atoms with van der Waals surface area (Å²) >= 11 is 0. The van der Waals surface area contributed by atoms with E-state index in [9.17, 15) is 5.11 Å². The molecule has 0 unspecified atom stereocenters. The Bertz CT molecular complexity index is 369. The van der Waals surface area contributed by atoms with Gasteiger partial charge >= 0.3 is 0 Å². The van der Waals surface area contributed by atoms with Gasteiger partial charge in [-0.3, -0.25) is 0 Å². The monoisotopic (exact) mass is 340 g/mol. The van der Waals surface area contributed by atoms with E-state index in [0.29, 0.717) is 5.75 Å². The maximum Gasteiger partial charge on any atom is 0.119 e. The van der Waals surface area contributed by atoms with Crippen molar-refractivity contribution in [1.29, 1.82) is 0 Å². The Balaban J connectivity index is -0.000000853. The van der Waals surface area contributed by atoms with Crippen LogP contribution in [0.3, 0.4) is 0 Å². The van der Waals surface area contributed by atoms with E-state index in [4.69, 9.17) is 0 Å². The molecule has 4 heteroatoms. The number of phenols is 1. The minimum absolute atomic E-state index is 0. The molecule has 110 valence electrons. The number of benzene rings is 1. The number of aromatic hydroxyl groups is 1. The maximum atomic E-state index is 10.0. The third kappa shape index (κ3) is 6.08. The summed E-state index contributed by atoms with van der Waals surface area (Å²) in [5, 5.41) is 10.0. The normalized spacial score (nSPS) is 10.9. The predicted molar refractivity (Wildman–Crippen MR) is 84.7 cm³/mol. The van der Waals surface area contributed by atoms with Gasteiger partial charge in [0.25, 0.3) is 0 Å². The summed E-state index contributed by atoms with van der Waals surface area (Å²) < 4.78 is 0. The van der Waals surface area contributed by atoms with Gasteiger partial charge in [-0.15, -0.1) is 24.8 Å². The third-order valence-corrected chi connectivity index (χ3v) is 2.96. The second-order valence-electron chi connectivity index (χ2n) is 6.68. The molecular weight excluding hydrogens is 315 g/mol. The minimum atomic E-state index is -0.0161. The van der Waals surface area contributed by atoms with Gasteiger partial charge in [-0.25, -0.2) is 0 Å². The fourth-order valence-electron chi connectivity index (χ4n) is 2.10. The van der Waals surface area contributed by atoms with Crippen LogP contribution in [0, 0.1) is 6.92 Å². The van der Waals surface area contributed by atoms with Crippen LogP contribution in [0.4, 0.5) is 0 Å². The zero-order valence-electron chi connectivity index (χ0n) is 12.9. The van der Waals surface area contributed by atoms with Crippen molar-refractivity contribution in [1.82, 2.24) is 0 Å². The fourth-order valence-corrected chi connectivity index (χ4v) is 2.10. The number of hydrogen-bond acceptors (Lipinski definition) is 1. The molecule has 1 rings (SSSR count). The summed E-state index contributed by atoms with van der Waals surface area (Å²) in [5.41, 5.74) is 3.62. The molecule has 0 spiro atoms. The van der Waals surface area contributed by atoms with E-state index in [-0.39, 0.29) is 57.4 Å². The van der Waals surface area contributed by atoms with Crippen molar-refractivity contribution in [2.45, 2.75) is 59.3 Å². The molecule has 0 bridgehead atoms. The molecule has 0 radical (unpaired) electrons. The van der Waals surface area contributed by atoms with Crippen molar-refractivity contribution in [3.8, 4) is 5.75 Å². The molecule has 0 aliphatic carbocycles. The van der Waals surface area contributed by atoms with E-state index in [1.165, 1.54) is 5.56 Å². The van der Waals surface area contributed by atoms with Gasteiger partial charge in [-0.1, -0.05) is 47.6 Å². The summed E-state index contributed by atoms with van der Waals surface area (Å²) in [4.78, 5) is 0. The van der Waals surface area contributed by atoms with Crippen molar-refractivity contribution < 1.29 is 26.8 Å². The zero-order valence-corrected chi connectivity index (χ0v) is 16.1. The van der Waals surface area contributed by atoms with E-state index in [1.807, 2.05) is 6.07 Å². The molecule has 1 N–H and O–H groups in total. The van der Waals surface area contributed by atoms with Crippen molar-refractivity contribution in [3.63, 3.8) is 0 Å². The smallest absolute Gasteiger partial charge is 0.119 e. The van der Waals surface area contributed by atoms with Gasteiger partial charge in [-0.2, -0.15) is 0 Å². The second kappa shape index (κ2) is 7.93. The Morgan fingerprint density at radius 1 is 0.789 bits per heavy atom. The molecule has 1 nitrogen and oxygen atoms in total. The number of hydrogen-bond donors (Lipinski definition) is 1. The average molecular weight is 341 g/mol. The van der Waals surface area contributed by atoms with Crippen molar-refractivity contribution in [2.75, 3.05) is 0 Å². The molecule has 1 aromatic carbocycles. The number of phenolic OH excluding ortho intramolecular Hbond substituents is 1. The van der Waals surface area contributed by atoms with Crippen LogP contribution in [-0.4, -0.2) is 5.11 Å². The summed E-state index contributed by atoms with van der Waals surface area (Å²) in [6, 6.07) is 4.05. The topological polar surface area (TPSA) is 20.2 Å². The van der Waals surface area contributed by atoms with E-state index in [0.717, 1.165) is 11.1 Å². The first kappa shape index (κ1) is 24.3. The molecule has 0 saturated heterocycles. The molecule has 19 heavy (non-hydrogen) atoms. The zero-order chi connectivity index (χ0) is 12.7. The van der Waals surface area contributed by atoms with Crippen LogP contribution in [0.5, 0.6) is 5.75 Å². The number of aryl methyl sites for hydroxylation is 1. The van der Waals surface area contributed by atoms with Gasteiger partial charge in [-0.05, 0) is 40.5 Å². The van der Waals surface area contributed by atoms with Gasteiger partial charge in [0.1, 0.15) is 5.75 Å². The van der Waals surface area contributed by atoms with Gasteiger partial charge < -0.3 is 5.11 Å². The SMILES string of the molecule is Cc1cc(O)c(C(C)(C)C)cc1C(C)(C)C.Cl.Cl.[Ti]. The summed E-state index contributed by atoms with van der Waals surface area (Å²) in [7, 11) is 0. The number of rotatable bonds is 0. The largest absolute Gasteiger partial charge is 0.508 e. The van der Waals surface area contributed by atoms with Crippen molar-refractivity contribution in [3.05, 3.63) is 28.8 Å². The number of halogens is 2. The van der Waals surface area contributed by atoms with E-state index in [2.05, 4.69) is 54.5 Å².